The zero-order valence-corrected chi connectivity index (χ0v) is 12.6. The summed E-state index contributed by atoms with van der Waals surface area (Å²) in [5.74, 6) is 0. The summed E-state index contributed by atoms with van der Waals surface area (Å²) in [6, 6.07) is 1.15. The van der Waals surface area contributed by atoms with Crippen LogP contribution in [-0.4, -0.2) is 31.1 Å². The van der Waals surface area contributed by atoms with Gasteiger partial charge in [-0.1, -0.05) is 19.4 Å². The van der Waals surface area contributed by atoms with Crippen molar-refractivity contribution in [2.24, 2.45) is 0 Å². The molecule has 0 rings (SSSR count). The topological polar surface area (TPSA) is 27.7 Å². The van der Waals surface area contributed by atoms with Crippen LogP contribution in [0.5, 0.6) is 0 Å². The Bertz CT molecular complexity index is 174. The molecule has 1 unspecified atom stereocenters. The standard InChI is InChI=1S/C10H24O3Si2/c1-6-9-12-14(11-8-3)13-15(4,5)10-7-2/h6,14H,1,7-10H2,2-5H3. The molecular weight excluding hydrogens is 224 g/mol. The van der Waals surface area contributed by atoms with Crippen molar-refractivity contribution < 1.29 is 13.0 Å². The largest absolute Gasteiger partial charge is 0.474 e. The third-order valence-corrected chi connectivity index (χ3v) is 8.02. The van der Waals surface area contributed by atoms with Crippen molar-refractivity contribution >= 4 is 17.8 Å². The van der Waals surface area contributed by atoms with E-state index in [1.807, 2.05) is 6.92 Å². The van der Waals surface area contributed by atoms with E-state index in [1.165, 1.54) is 0 Å². The van der Waals surface area contributed by atoms with Gasteiger partial charge in [0.1, 0.15) is 0 Å². The van der Waals surface area contributed by atoms with Gasteiger partial charge in [0.25, 0.3) is 0 Å². The molecule has 0 aliphatic heterocycles. The summed E-state index contributed by atoms with van der Waals surface area (Å²) in [6.45, 7) is 13.4. The van der Waals surface area contributed by atoms with E-state index in [0.29, 0.717) is 13.2 Å². The first kappa shape index (κ1) is 15.1. The van der Waals surface area contributed by atoms with Crippen LogP contribution in [0.1, 0.15) is 20.3 Å². The molecule has 0 fully saturated rings. The van der Waals surface area contributed by atoms with Crippen LogP contribution >= 0.6 is 0 Å². The highest BCUT2D eigenvalue weighted by molar-refractivity contribution is 6.76. The third kappa shape index (κ3) is 7.92. The van der Waals surface area contributed by atoms with Crippen LogP contribution in [0.4, 0.5) is 0 Å². The summed E-state index contributed by atoms with van der Waals surface area (Å²) < 4.78 is 17.0. The van der Waals surface area contributed by atoms with Crippen LogP contribution in [0.15, 0.2) is 12.7 Å². The normalized spacial score (nSPS) is 13.9. The van der Waals surface area contributed by atoms with Gasteiger partial charge in [-0.25, -0.2) is 0 Å². The van der Waals surface area contributed by atoms with Gasteiger partial charge in [-0.3, -0.25) is 0 Å². The highest BCUT2D eigenvalue weighted by Gasteiger charge is 2.28. The quantitative estimate of drug-likeness (QED) is 0.464. The molecule has 0 radical (unpaired) electrons. The lowest BCUT2D eigenvalue weighted by Crippen LogP contribution is -2.41. The molecule has 0 heterocycles. The van der Waals surface area contributed by atoms with E-state index < -0.39 is 17.8 Å². The first-order valence-corrected chi connectivity index (χ1v) is 10.1. The molecule has 0 aliphatic rings. The van der Waals surface area contributed by atoms with Gasteiger partial charge >= 0.3 is 9.53 Å². The first-order valence-electron chi connectivity index (χ1n) is 5.57. The third-order valence-electron chi connectivity index (χ3n) is 1.92. The molecule has 0 aromatic carbocycles. The molecule has 0 aromatic heterocycles. The van der Waals surface area contributed by atoms with Crippen molar-refractivity contribution in [2.45, 2.75) is 39.4 Å². The van der Waals surface area contributed by atoms with E-state index in [-0.39, 0.29) is 0 Å². The predicted octanol–water partition coefficient (Wildman–Crippen LogP) is 2.57. The molecular formula is C10H24O3Si2. The van der Waals surface area contributed by atoms with Crippen molar-refractivity contribution in [3.05, 3.63) is 12.7 Å². The van der Waals surface area contributed by atoms with Crippen molar-refractivity contribution in [1.82, 2.24) is 0 Å². The fourth-order valence-corrected chi connectivity index (χ4v) is 6.29. The van der Waals surface area contributed by atoms with E-state index in [9.17, 15) is 0 Å². The summed E-state index contributed by atoms with van der Waals surface area (Å²) >= 11 is 0. The van der Waals surface area contributed by atoms with E-state index in [0.717, 1.165) is 12.5 Å². The number of hydrogen-bond donors (Lipinski definition) is 0. The maximum atomic E-state index is 6.01. The van der Waals surface area contributed by atoms with Crippen LogP contribution < -0.4 is 0 Å². The lowest BCUT2D eigenvalue weighted by atomic mass is 10.6. The van der Waals surface area contributed by atoms with Gasteiger partial charge < -0.3 is 13.0 Å². The van der Waals surface area contributed by atoms with E-state index >= 15 is 0 Å². The average Bonchev–Trinajstić information content (AvgIpc) is 2.14. The van der Waals surface area contributed by atoms with Crippen LogP contribution in [-0.2, 0) is 13.0 Å². The molecule has 3 nitrogen and oxygen atoms in total. The number of rotatable bonds is 9. The summed E-state index contributed by atoms with van der Waals surface area (Å²) in [7, 11) is -3.49. The lowest BCUT2D eigenvalue weighted by molar-refractivity contribution is 0.157. The van der Waals surface area contributed by atoms with Crippen LogP contribution in [0.25, 0.3) is 0 Å². The SMILES string of the molecule is C=CCO[SiH](OCC)O[Si](C)(C)CCC. The van der Waals surface area contributed by atoms with Gasteiger partial charge in [0.05, 0.1) is 6.61 Å². The predicted molar refractivity (Wildman–Crippen MR) is 68.6 cm³/mol. The highest BCUT2D eigenvalue weighted by atomic mass is 28.4. The van der Waals surface area contributed by atoms with Crippen LogP contribution in [0.2, 0.25) is 19.1 Å². The van der Waals surface area contributed by atoms with Gasteiger partial charge in [-0.15, -0.1) is 6.58 Å². The minimum Gasteiger partial charge on any atom is -0.418 e. The maximum absolute atomic E-state index is 6.01. The van der Waals surface area contributed by atoms with Crippen LogP contribution in [0, 0.1) is 0 Å². The van der Waals surface area contributed by atoms with Gasteiger partial charge in [0.2, 0.25) is 0 Å². The molecule has 0 aliphatic carbocycles. The summed E-state index contributed by atoms with van der Waals surface area (Å²) in [6.07, 6.45) is 2.89. The molecule has 90 valence electrons. The zero-order chi connectivity index (χ0) is 11.7. The second-order valence-electron chi connectivity index (χ2n) is 3.99. The molecule has 15 heavy (non-hydrogen) atoms. The zero-order valence-electron chi connectivity index (χ0n) is 10.4. The van der Waals surface area contributed by atoms with Crippen molar-refractivity contribution in [3.63, 3.8) is 0 Å². The molecule has 0 N–H and O–H groups in total. The van der Waals surface area contributed by atoms with Crippen LogP contribution in [0.3, 0.4) is 0 Å². The second-order valence-corrected chi connectivity index (χ2v) is 10.2. The molecule has 5 heteroatoms. The van der Waals surface area contributed by atoms with E-state index in [1.54, 1.807) is 6.08 Å². The Balaban J connectivity index is 4.06. The van der Waals surface area contributed by atoms with Gasteiger partial charge in [0.15, 0.2) is 8.32 Å². The van der Waals surface area contributed by atoms with Gasteiger partial charge in [0, 0.05) is 6.61 Å². The molecule has 0 spiro atoms. The minimum atomic E-state index is -1.92. The fraction of sp³-hybridized carbons (Fsp3) is 0.800. The number of hydrogen-bond acceptors (Lipinski definition) is 3. The van der Waals surface area contributed by atoms with Crippen molar-refractivity contribution in [1.29, 1.82) is 0 Å². The maximum Gasteiger partial charge on any atom is 0.474 e. The summed E-state index contributed by atoms with van der Waals surface area (Å²) in [4.78, 5) is 0. The molecule has 0 saturated carbocycles. The Labute approximate surface area is 96.5 Å². The Morgan fingerprint density at radius 2 is 1.93 bits per heavy atom. The highest BCUT2D eigenvalue weighted by Crippen LogP contribution is 2.15. The Hall–Kier alpha value is 0.0538. The molecule has 0 saturated heterocycles. The summed E-state index contributed by atoms with van der Waals surface area (Å²) in [5, 5.41) is 0. The average molecular weight is 248 g/mol. The monoisotopic (exact) mass is 248 g/mol. The van der Waals surface area contributed by atoms with Gasteiger partial charge in [-0.05, 0) is 26.1 Å². The van der Waals surface area contributed by atoms with E-state index in [2.05, 4.69) is 26.6 Å². The Kier molecular flexibility index (Phi) is 8.26. The smallest absolute Gasteiger partial charge is 0.418 e. The molecule has 0 aromatic rings. The first-order chi connectivity index (χ1) is 7.05. The lowest BCUT2D eigenvalue weighted by Gasteiger charge is -2.27. The Morgan fingerprint density at radius 3 is 2.40 bits per heavy atom. The van der Waals surface area contributed by atoms with Crippen molar-refractivity contribution in [3.8, 4) is 0 Å². The minimum absolute atomic E-state index is 0.521. The van der Waals surface area contributed by atoms with E-state index in [4.69, 9.17) is 13.0 Å². The van der Waals surface area contributed by atoms with Gasteiger partial charge in [-0.2, -0.15) is 0 Å². The summed E-state index contributed by atoms with van der Waals surface area (Å²) in [5.41, 5.74) is 0. The molecule has 0 amide bonds. The molecule has 1 atom stereocenters. The van der Waals surface area contributed by atoms with Crippen molar-refractivity contribution in [2.75, 3.05) is 13.2 Å². The molecule has 0 bridgehead atoms. The second kappa shape index (κ2) is 8.23. The fourth-order valence-electron chi connectivity index (χ4n) is 1.32. The Morgan fingerprint density at radius 1 is 1.27 bits per heavy atom.